The van der Waals surface area contributed by atoms with Gasteiger partial charge in [0.25, 0.3) is 0 Å². The maximum absolute atomic E-state index is 9.03. The van der Waals surface area contributed by atoms with Crippen LogP contribution in [0.2, 0.25) is 0 Å². The molecule has 1 rings (SSSR count). The number of pyridine rings is 1. The van der Waals surface area contributed by atoms with Gasteiger partial charge in [-0.3, -0.25) is 0 Å². The van der Waals surface area contributed by atoms with Crippen molar-refractivity contribution in [1.29, 1.82) is 5.26 Å². The van der Waals surface area contributed by atoms with Crippen LogP contribution in [0.1, 0.15) is 30.7 Å². The predicted molar refractivity (Wildman–Crippen MR) is 65.0 cm³/mol. The number of nitriles is 1. The molecule has 0 radical (unpaired) electrons. The number of hydrogen-bond donors (Lipinski definition) is 0. The van der Waals surface area contributed by atoms with E-state index in [9.17, 15) is 0 Å². The van der Waals surface area contributed by atoms with Crippen molar-refractivity contribution in [2.45, 2.75) is 33.8 Å². The van der Waals surface area contributed by atoms with Gasteiger partial charge in [0.1, 0.15) is 18.2 Å². The number of aryl methyl sites for hydroxylation is 2. The van der Waals surface area contributed by atoms with E-state index in [1.807, 2.05) is 33.8 Å². The quantitative estimate of drug-likeness (QED) is 0.734. The zero-order valence-electron chi connectivity index (χ0n) is 10.8. The highest BCUT2D eigenvalue weighted by molar-refractivity contribution is 5.45. The van der Waals surface area contributed by atoms with Gasteiger partial charge in [-0.05, 0) is 39.3 Å². The third-order valence-electron chi connectivity index (χ3n) is 2.20. The van der Waals surface area contributed by atoms with Crippen molar-refractivity contribution < 1.29 is 9.47 Å². The first-order valence-corrected chi connectivity index (χ1v) is 5.67. The minimum Gasteiger partial charge on any atom is -0.474 e. The first-order valence-electron chi connectivity index (χ1n) is 5.67. The molecule has 0 aliphatic rings. The van der Waals surface area contributed by atoms with E-state index in [-0.39, 0.29) is 6.10 Å². The molecule has 17 heavy (non-hydrogen) atoms. The minimum absolute atomic E-state index is 0.182. The molecule has 0 unspecified atom stereocenters. The van der Waals surface area contributed by atoms with E-state index < -0.39 is 0 Å². The van der Waals surface area contributed by atoms with Crippen LogP contribution in [-0.2, 0) is 4.74 Å². The topological polar surface area (TPSA) is 55.1 Å². The van der Waals surface area contributed by atoms with Gasteiger partial charge in [-0.2, -0.15) is 5.26 Å². The Morgan fingerprint density at radius 3 is 2.65 bits per heavy atom. The van der Waals surface area contributed by atoms with E-state index in [4.69, 9.17) is 14.7 Å². The Kier molecular flexibility index (Phi) is 4.92. The lowest BCUT2D eigenvalue weighted by Gasteiger charge is -2.11. The van der Waals surface area contributed by atoms with Gasteiger partial charge in [0.05, 0.1) is 12.7 Å². The summed E-state index contributed by atoms with van der Waals surface area (Å²) in [5, 5.41) is 9.03. The molecule has 1 aromatic heterocycles. The normalized spacial score (nSPS) is 10.4. The maximum Gasteiger partial charge on any atom is 0.232 e. The first-order chi connectivity index (χ1) is 8.04. The second kappa shape index (κ2) is 6.21. The van der Waals surface area contributed by atoms with Gasteiger partial charge in [-0.1, -0.05) is 0 Å². The summed E-state index contributed by atoms with van der Waals surface area (Å²) in [6.45, 7) is 8.60. The van der Waals surface area contributed by atoms with E-state index in [1.165, 1.54) is 0 Å². The third-order valence-corrected chi connectivity index (χ3v) is 2.20. The van der Waals surface area contributed by atoms with Crippen LogP contribution in [0.4, 0.5) is 0 Å². The summed E-state index contributed by atoms with van der Waals surface area (Å²) in [5.41, 5.74) is 2.24. The van der Waals surface area contributed by atoms with E-state index in [0.717, 1.165) is 11.3 Å². The molecule has 0 saturated carbocycles. The average Bonchev–Trinajstić information content (AvgIpc) is 2.23. The van der Waals surface area contributed by atoms with Crippen LogP contribution < -0.4 is 4.74 Å². The number of rotatable bonds is 5. The van der Waals surface area contributed by atoms with Crippen molar-refractivity contribution in [3.8, 4) is 11.9 Å². The molecular weight excluding hydrogens is 216 g/mol. The first kappa shape index (κ1) is 13.5. The van der Waals surface area contributed by atoms with Gasteiger partial charge in [0.2, 0.25) is 5.88 Å². The fourth-order valence-electron chi connectivity index (χ4n) is 1.47. The molecule has 92 valence electrons. The zero-order chi connectivity index (χ0) is 12.8. The van der Waals surface area contributed by atoms with E-state index >= 15 is 0 Å². The summed E-state index contributed by atoms with van der Waals surface area (Å²) >= 11 is 0. The summed E-state index contributed by atoms with van der Waals surface area (Å²) in [7, 11) is 0. The SMILES string of the molecule is Cc1cc(C)c(C#N)c(OCCOC(C)C)n1. The minimum atomic E-state index is 0.182. The second-order valence-corrected chi connectivity index (χ2v) is 4.14. The smallest absolute Gasteiger partial charge is 0.232 e. The molecule has 0 aromatic carbocycles. The average molecular weight is 234 g/mol. The van der Waals surface area contributed by atoms with Crippen molar-refractivity contribution >= 4 is 0 Å². The lowest BCUT2D eigenvalue weighted by atomic mass is 10.1. The van der Waals surface area contributed by atoms with Crippen molar-refractivity contribution in [3.05, 3.63) is 22.9 Å². The number of hydrogen-bond acceptors (Lipinski definition) is 4. The molecule has 0 atom stereocenters. The fourth-order valence-corrected chi connectivity index (χ4v) is 1.47. The predicted octanol–water partition coefficient (Wildman–Crippen LogP) is 2.37. The lowest BCUT2D eigenvalue weighted by molar-refractivity contribution is 0.0541. The van der Waals surface area contributed by atoms with Crippen LogP contribution in [0.15, 0.2) is 6.07 Å². The molecule has 0 aliphatic carbocycles. The number of aromatic nitrogens is 1. The van der Waals surface area contributed by atoms with Crippen molar-refractivity contribution in [2.75, 3.05) is 13.2 Å². The number of nitrogens with zero attached hydrogens (tertiary/aromatic N) is 2. The van der Waals surface area contributed by atoms with Crippen LogP contribution in [0.25, 0.3) is 0 Å². The summed E-state index contributed by atoms with van der Waals surface area (Å²) in [6.07, 6.45) is 0.182. The van der Waals surface area contributed by atoms with Crippen molar-refractivity contribution in [1.82, 2.24) is 4.98 Å². The second-order valence-electron chi connectivity index (χ2n) is 4.14. The van der Waals surface area contributed by atoms with Crippen LogP contribution in [-0.4, -0.2) is 24.3 Å². The molecule has 1 heterocycles. The van der Waals surface area contributed by atoms with Crippen molar-refractivity contribution in [2.24, 2.45) is 0 Å². The van der Waals surface area contributed by atoms with E-state index in [0.29, 0.717) is 24.7 Å². The van der Waals surface area contributed by atoms with Gasteiger partial charge >= 0.3 is 0 Å². The van der Waals surface area contributed by atoms with Crippen molar-refractivity contribution in [3.63, 3.8) is 0 Å². The molecule has 0 aliphatic heterocycles. The Labute approximate surface area is 102 Å². The Bertz CT molecular complexity index is 422. The molecule has 4 nitrogen and oxygen atoms in total. The molecule has 0 spiro atoms. The molecule has 0 fully saturated rings. The van der Waals surface area contributed by atoms with Gasteiger partial charge in [-0.15, -0.1) is 0 Å². The third kappa shape index (κ3) is 4.04. The monoisotopic (exact) mass is 234 g/mol. The summed E-state index contributed by atoms with van der Waals surface area (Å²) in [4.78, 5) is 4.22. The molecule has 0 amide bonds. The lowest BCUT2D eigenvalue weighted by Crippen LogP contribution is -2.12. The van der Waals surface area contributed by atoms with Crippen LogP contribution in [0.5, 0.6) is 5.88 Å². The summed E-state index contributed by atoms with van der Waals surface area (Å²) in [6, 6.07) is 3.98. The van der Waals surface area contributed by atoms with Crippen LogP contribution in [0.3, 0.4) is 0 Å². The Morgan fingerprint density at radius 1 is 1.35 bits per heavy atom. The number of ether oxygens (including phenoxy) is 2. The van der Waals surface area contributed by atoms with E-state index in [2.05, 4.69) is 11.1 Å². The van der Waals surface area contributed by atoms with Gasteiger partial charge in [-0.25, -0.2) is 4.98 Å². The zero-order valence-corrected chi connectivity index (χ0v) is 10.8. The Balaban J connectivity index is 2.67. The Hall–Kier alpha value is -1.60. The molecule has 4 heteroatoms. The highest BCUT2D eigenvalue weighted by Crippen LogP contribution is 2.19. The summed E-state index contributed by atoms with van der Waals surface area (Å²) < 4.78 is 10.8. The van der Waals surface area contributed by atoms with E-state index in [1.54, 1.807) is 0 Å². The molecule has 0 saturated heterocycles. The van der Waals surface area contributed by atoms with Crippen LogP contribution >= 0.6 is 0 Å². The summed E-state index contributed by atoms with van der Waals surface area (Å²) in [5.74, 6) is 0.400. The van der Waals surface area contributed by atoms with Crippen LogP contribution in [0, 0.1) is 25.2 Å². The Morgan fingerprint density at radius 2 is 2.06 bits per heavy atom. The molecule has 0 bridgehead atoms. The fraction of sp³-hybridized carbons (Fsp3) is 0.538. The largest absolute Gasteiger partial charge is 0.474 e. The van der Waals surface area contributed by atoms with Gasteiger partial charge in [0.15, 0.2) is 0 Å². The molecule has 1 aromatic rings. The molecular formula is C13H18N2O2. The maximum atomic E-state index is 9.03. The standard InChI is InChI=1S/C13H18N2O2/c1-9(2)16-5-6-17-13-12(8-14)10(3)7-11(4)15-13/h7,9H,5-6H2,1-4H3. The highest BCUT2D eigenvalue weighted by atomic mass is 16.5. The van der Waals surface area contributed by atoms with Gasteiger partial charge in [0, 0.05) is 5.69 Å². The van der Waals surface area contributed by atoms with Gasteiger partial charge < -0.3 is 9.47 Å². The molecule has 0 N–H and O–H groups in total. The highest BCUT2D eigenvalue weighted by Gasteiger charge is 2.09.